The van der Waals surface area contributed by atoms with E-state index in [2.05, 4.69) is 102 Å². The van der Waals surface area contributed by atoms with Gasteiger partial charge in [0, 0.05) is 16.9 Å². The average Bonchev–Trinajstić information content (AvgIpc) is 2.95. The first kappa shape index (κ1) is 19.4. The molecule has 27 heavy (non-hydrogen) atoms. The summed E-state index contributed by atoms with van der Waals surface area (Å²) in [4.78, 5) is 5.19. The molecule has 142 valence electrons. The Hall–Kier alpha value is -2.35. The monoisotopic (exact) mass is 360 g/mol. The normalized spacial score (nSPS) is 12.0. The van der Waals surface area contributed by atoms with Gasteiger partial charge in [-0.1, -0.05) is 76.1 Å². The standard InChI is InChI=1S/C25H32N2/c1-16(2)24-26-22(20-11-9-10-17(3)15-20)23(25(6,7)8)27(24)21-13-12-18(4)14-19(21)5/h9-16H,1-8H3. The third-order valence-corrected chi connectivity index (χ3v) is 5.01. The van der Waals surface area contributed by atoms with Crippen LogP contribution in [0.15, 0.2) is 42.5 Å². The highest BCUT2D eigenvalue weighted by molar-refractivity contribution is 5.67. The van der Waals surface area contributed by atoms with Gasteiger partial charge in [0.15, 0.2) is 0 Å². The van der Waals surface area contributed by atoms with E-state index in [0.717, 1.165) is 11.5 Å². The van der Waals surface area contributed by atoms with Crippen molar-refractivity contribution in [1.82, 2.24) is 9.55 Å². The number of hydrogen-bond donors (Lipinski definition) is 0. The Morgan fingerprint density at radius 1 is 0.889 bits per heavy atom. The lowest BCUT2D eigenvalue weighted by atomic mass is 9.88. The van der Waals surface area contributed by atoms with Gasteiger partial charge in [0.25, 0.3) is 0 Å². The van der Waals surface area contributed by atoms with Crippen LogP contribution in [-0.2, 0) is 5.41 Å². The van der Waals surface area contributed by atoms with Gasteiger partial charge in [-0.25, -0.2) is 4.98 Å². The molecule has 0 radical (unpaired) electrons. The predicted molar refractivity (Wildman–Crippen MR) is 116 cm³/mol. The lowest BCUT2D eigenvalue weighted by Crippen LogP contribution is -2.20. The number of rotatable bonds is 3. The topological polar surface area (TPSA) is 17.8 Å². The molecule has 2 heteroatoms. The molecule has 0 fully saturated rings. The van der Waals surface area contributed by atoms with Gasteiger partial charge in [0.05, 0.1) is 17.1 Å². The van der Waals surface area contributed by atoms with Gasteiger partial charge in [0.2, 0.25) is 0 Å². The molecule has 0 atom stereocenters. The van der Waals surface area contributed by atoms with Crippen LogP contribution in [-0.4, -0.2) is 9.55 Å². The van der Waals surface area contributed by atoms with Crippen LogP contribution in [0.2, 0.25) is 0 Å². The van der Waals surface area contributed by atoms with Crippen LogP contribution in [0.5, 0.6) is 0 Å². The van der Waals surface area contributed by atoms with Gasteiger partial charge in [0.1, 0.15) is 5.82 Å². The minimum absolute atomic E-state index is 0.0312. The molecule has 0 aliphatic heterocycles. The van der Waals surface area contributed by atoms with E-state index in [1.165, 1.54) is 33.6 Å². The Bertz CT molecular complexity index is 968. The largest absolute Gasteiger partial charge is 0.299 e. The number of aromatic nitrogens is 2. The first-order valence-corrected chi connectivity index (χ1v) is 9.87. The Labute approximate surface area is 164 Å². The molecule has 1 heterocycles. The molecule has 3 rings (SSSR count). The molecule has 0 N–H and O–H groups in total. The number of aryl methyl sites for hydroxylation is 3. The molecule has 2 nitrogen and oxygen atoms in total. The first-order chi connectivity index (χ1) is 12.6. The molecule has 0 amide bonds. The van der Waals surface area contributed by atoms with Crippen molar-refractivity contribution in [3.8, 4) is 16.9 Å². The fraction of sp³-hybridized carbons (Fsp3) is 0.400. The molecule has 0 bridgehead atoms. The molecule has 0 aliphatic rings. The minimum atomic E-state index is -0.0312. The van der Waals surface area contributed by atoms with E-state index in [9.17, 15) is 0 Å². The van der Waals surface area contributed by atoms with Gasteiger partial charge in [-0.2, -0.15) is 0 Å². The number of nitrogens with zero attached hydrogens (tertiary/aromatic N) is 2. The summed E-state index contributed by atoms with van der Waals surface area (Å²) < 4.78 is 2.41. The Balaban J connectivity index is 2.41. The first-order valence-electron chi connectivity index (χ1n) is 9.87. The van der Waals surface area contributed by atoms with Crippen LogP contribution in [0.4, 0.5) is 0 Å². The van der Waals surface area contributed by atoms with Crippen LogP contribution < -0.4 is 0 Å². The smallest absolute Gasteiger partial charge is 0.116 e. The average molecular weight is 361 g/mol. The maximum atomic E-state index is 5.19. The SMILES string of the molecule is Cc1cccc(-c2nc(C(C)C)n(-c3ccc(C)cc3C)c2C(C)(C)C)c1. The van der Waals surface area contributed by atoms with E-state index < -0.39 is 0 Å². The van der Waals surface area contributed by atoms with E-state index in [1.807, 2.05) is 0 Å². The summed E-state index contributed by atoms with van der Waals surface area (Å²) in [6.07, 6.45) is 0. The van der Waals surface area contributed by atoms with Crippen LogP contribution in [0.1, 0.15) is 68.7 Å². The van der Waals surface area contributed by atoms with Crippen molar-refractivity contribution >= 4 is 0 Å². The predicted octanol–water partition coefficient (Wildman–Crippen LogP) is 6.89. The van der Waals surface area contributed by atoms with Crippen molar-refractivity contribution in [1.29, 1.82) is 0 Å². The second kappa shape index (κ2) is 6.99. The summed E-state index contributed by atoms with van der Waals surface area (Å²) in [5.41, 5.74) is 8.63. The zero-order chi connectivity index (χ0) is 19.9. The fourth-order valence-corrected chi connectivity index (χ4v) is 3.81. The van der Waals surface area contributed by atoms with Gasteiger partial charge < -0.3 is 0 Å². The van der Waals surface area contributed by atoms with E-state index in [0.29, 0.717) is 5.92 Å². The molecule has 0 unspecified atom stereocenters. The van der Waals surface area contributed by atoms with E-state index >= 15 is 0 Å². The maximum absolute atomic E-state index is 5.19. The molecule has 3 aromatic rings. The zero-order valence-electron chi connectivity index (χ0n) is 18.0. The van der Waals surface area contributed by atoms with Crippen molar-refractivity contribution in [3.05, 3.63) is 70.7 Å². The molecule has 1 aromatic heterocycles. The third-order valence-electron chi connectivity index (χ3n) is 5.01. The molecule has 2 aromatic carbocycles. The van der Waals surface area contributed by atoms with Crippen LogP contribution >= 0.6 is 0 Å². The van der Waals surface area contributed by atoms with E-state index in [1.54, 1.807) is 0 Å². The quantitative estimate of drug-likeness (QED) is 0.497. The van der Waals surface area contributed by atoms with Gasteiger partial charge >= 0.3 is 0 Å². The van der Waals surface area contributed by atoms with Crippen molar-refractivity contribution in [2.75, 3.05) is 0 Å². The Morgan fingerprint density at radius 2 is 1.56 bits per heavy atom. The third kappa shape index (κ3) is 3.71. The molecule has 0 spiro atoms. The van der Waals surface area contributed by atoms with Gasteiger partial charge in [-0.3, -0.25) is 4.57 Å². The van der Waals surface area contributed by atoms with Gasteiger partial charge in [-0.05, 0) is 38.5 Å². The van der Waals surface area contributed by atoms with E-state index in [4.69, 9.17) is 4.98 Å². The van der Waals surface area contributed by atoms with Crippen LogP contribution in [0.25, 0.3) is 16.9 Å². The molecular formula is C25H32N2. The van der Waals surface area contributed by atoms with Gasteiger partial charge in [-0.15, -0.1) is 0 Å². The second-order valence-electron chi connectivity index (χ2n) is 9.07. The highest BCUT2D eigenvalue weighted by Gasteiger charge is 2.30. The lowest BCUT2D eigenvalue weighted by Gasteiger charge is -2.25. The van der Waals surface area contributed by atoms with Crippen molar-refractivity contribution in [3.63, 3.8) is 0 Å². The van der Waals surface area contributed by atoms with E-state index in [-0.39, 0.29) is 5.41 Å². The summed E-state index contributed by atoms with van der Waals surface area (Å²) >= 11 is 0. The summed E-state index contributed by atoms with van der Waals surface area (Å²) in [6, 6.07) is 15.4. The number of hydrogen-bond acceptors (Lipinski definition) is 1. The Kier molecular flexibility index (Phi) is 5.03. The van der Waals surface area contributed by atoms with Crippen molar-refractivity contribution < 1.29 is 0 Å². The molecular weight excluding hydrogens is 328 g/mol. The highest BCUT2D eigenvalue weighted by atomic mass is 15.1. The Morgan fingerprint density at radius 3 is 2.11 bits per heavy atom. The molecule has 0 saturated carbocycles. The fourth-order valence-electron chi connectivity index (χ4n) is 3.81. The summed E-state index contributed by atoms with van der Waals surface area (Å²) in [5.74, 6) is 1.47. The summed E-state index contributed by atoms with van der Waals surface area (Å²) in [6.45, 7) is 17.8. The zero-order valence-corrected chi connectivity index (χ0v) is 18.0. The lowest BCUT2D eigenvalue weighted by molar-refractivity contribution is 0.551. The molecule has 0 aliphatic carbocycles. The highest BCUT2D eigenvalue weighted by Crippen LogP contribution is 2.38. The molecule has 0 saturated heterocycles. The number of imidazole rings is 1. The number of benzene rings is 2. The maximum Gasteiger partial charge on any atom is 0.116 e. The minimum Gasteiger partial charge on any atom is -0.299 e. The van der Waals surface area contributed by atoms with Crippen LogP contribution in [0.3, 0.4) is 0 Å². The second-order valence-corrected chi connectivity index (χ2v) is 9.07. The summed E-state index contributed by atoms with van der Waals surface area (Å²) in [5, 5.41) is 0. The van der Waals surface area contributed by atoms with Crippen molar-refractivity contribution in [2.24, 2.45) is 0 Å². The summed E-state index contributed by atoms with van der Waals surface area (Å²) in [7, 11) is 0. The van der Waals surface area contributed by atoms with Crippen molar-refractivity contribution in [2.45, 2.75) is 66.7 Å². The van der Waals surface area contributed by atoms with Crippen LogP contribution in [0, 0.1) is 20.8 Å².